The number of tetrazole rings is 1. The second-order valence-corrected chi connectivity index (χ2v) is 7.04. The molecule has 0 saturated carbocycles. The van der Waals surface area contributed by atoms with Gasteiger partial charge in [0.2, 0.25) is 11.7 Å². The molecular weight excluding hydrogens is 370 g/mol. The van der Waals surface area contributed by atoms with Gasteiger partial charge in [-0.05, 0) is 56.7 Å². The third kappa shape index (κ3) is 5.25. The number of hydrogen-bond acceptors (Lipinski definition) is 6. The zero-order chi connectivity index (χ0) is 21.0. The van der Waals surface area contributed by atoms with Crippen LogP contribution < -0.4 is 5.32 Å². The van der Waals surface area contributed by atoms with Crippen molar-refractivity contribution < 1.29 is 14.3 Å². The van der Waals surface area contributed by atoms with E-state index in [1.54, 1.807) is 38.1 Å². The normalized spacial score (nSPS) is 10.8. The number of anilines is 1. The Balaban J connectivity index is 1.69. The van der Waals surface area contributed by atoms with Crippen LogP contribution in [0.4, 0.5) is 5.69 Å². The van der Waals surface area contributed by atoms with Gasteiger partial charge in [0, 0.05) is 11.3 Å². The lowest BCUT2D eigenvalue weighted by Gasteiger charge is -2.08. The van der Waals surface area contributed by atoms with Crippen LogP contribution >= 0.6 is 0 Å². The molecule has 0 bridgehead atoms. The third-order valence-corrected chi connectivity index (χ3v) is 4.09. The summed E-state index contributed by atoms with van der Waals surface area (Å²) in [4.78, 5) is 25.6. The number of aryl methyl sites for hydroxylation is 2. The van der Waals surface area contributed by atoms with Crippen molar-refractivity contribution in [3.8, 4) is 11.4 Å². The van der Waals surface area contributed by atoms with E-state index >= 15 is 0 Å². The van der Waals surface area contributed by atoms with E-state index in [2.05, 4.69) is 20.7 Å². The number of carbonyl (C=O) groups excluding carboxylic acids is 2. The molecule has 2 aromatic carbocycles. The maximum absolute atomic E-state index is 12.3. The van der Waals surface area contributed by atoms with Gasteiger partial charge in [-0.3, -0.25) is 4.79 Å². The van der Waals surface area contributed by atoms with Crippen LogP contribution in [0.2, 0.25) is 0 Å². The number of ether oxygens (including phenoxy) is 1. The molecule has 0 unspecified atom stereocenters. The van der Waals surface area contributed by atoms with E-state index < -0.39 is 5.97 Å². The molecule has 29 heavy (non-hydrogen) atoms. The fourth-order valence-electron chi connectivity index (χ4n) is 2.77. The molecule has 0 radical (unpaired) electrons. The highest BCUT2D eigenvalue weighted by Gasteiger charge is 2.14. The number of nitrogens with one attached hydrogen (secondary N) is 1. The van der Waals surface area contributed by atoms with Gasteiger partial charge in [-0.15, -0.1) is 10.2 Å². The third-order valence-electron chi connectivity index (χ3n) is 4.09. The van der Waals surface area contributed by atoms with Gasteiger partial charge in [0.1, 0.15) is 6.54 Å². The molecule has 0 aliphatic rings. The van der Waals surface area contributed by atoms with E-state index in [1.807, 2.05) is 32.0 Å². The summed E-state index contributed by atoms with van der Waals surface area (Å²) in [5.41, 5.74) is 3.87. The first-order chi connectivity index (χ1) is 13.8. The first kappa shape index (κ1) is 20.2. The standard InChI is InChI=1S/C21H23N5O3/c1-13(2)29-21(28)17-7-5-6-16(11-17)20-23-25-26(24-20)12-19(27)22-18-9-8-14(3)10-15(18)4/h5-11,13H,12H2,1-4H3,(H,22,27). The average molecular weight is 393 g/mol. The van der Waals surface area contributed by atoms with Crippen LogP contribution in [0.5, 0.6) is 0 Å². The molecule has 0 fully saturated rings. The van der Waals surface area contributed by atoms with Gasteiger partial charge in [0.05, 0.1) is 11.7 Å². The Morgan fingerprint density at radius 2 is 1.93 bits per heavy atom. The molecule has 0 spiro atoms. The molecule has 1 heterocycles. The van der Waals surface area contributed by atoms with Crippen LogP contribution in [0.15, 0.2) is 42.5 Å². The summed E-state index contributed by atoms with van der Waals surface area (Å²) in [6.07, 6.45) is -0.208. The summed E-state index contributed by atoms with van der Waals surface area (Å²) in [7, 11) is 0. The molecule has 1 N–H and O–H groups in total. The number of amides is 1. The van der Waals surface area contributed by atoms with Crippen molar-refractivity contribution in [2.24, 2.45) is 0 Å². The Kier molecular flexibility index (Phi) is 6.01. The Labute approximate surface area is 168 Å². The second kappa shape index (κ2) is 8.64. The van der Waals surface area contributed by atoms with E-state index in [1.165, 1.54) is 4.80 Å². The zero-order valence-electron chi connectivity index (χ0n) is 16.8. The van der Waals surface area contributed by atoms with Crippen molar-refractivity contribution in [3.63, 3.8) is 0 Å². The van der Waals surface area contributed by atoms with Crippen LogP contribution in [0.3, 0.4) is 0 Å². The minimum absolute atomic E-state index is 0.0740. The predicted molar refractivity (Wildman–Crippen MR) is 108 cm³/mol. The molecule has 0 saturated heterocycles. The van der Waals surface area contributed by atoms with Crippen molar-refractivity contribution in [2.45, 2.75) is 40.3 Å². The van der Waals surface area contributed by atoms with E-state index in [9.17, 15) is 9.59 Å². The highest BCUT2D eigenvalue weighted by atomic mass is 16.5. The number of esters is 1. The van der Waals surface area contributed by atoms with E-state index in [0.717, 1.165) is 16.8 Å². The molecule has 150 valence electrons. The molecule has 1 aromatic heterocycles. The Morgan fingerprint density at radius 1 is 1.14 bits per heavy atom. The number of hydrogen-bond donors (Lipinski definition) is 1. The highest BCUT2D eigenvalue weighted by molar-refractivity contribution is 5.91. The van der Waals surface area contributed by atoms with Gasteiger partial charge in [0.25, 0.3) is 0 Å². The zero-order valence-corrected chi connectivity index (χ0v) is 16.8. The molecule has 8 nitrogen and oxygen atoms in total. The number of nitrogens with zero attached hydrogens (tertiary/aromatic N) is 4. The molecule has 3 aromatic rings. The number of aromatic nitrogens is 4. The van der Waals surface area contributed by atoms with Gasteiger partial charge < -0.3 is 10.1 Å². The van der Waals surface area contributed by atoms with Gasteiger partial charge in [-0.25, -0.2) is 4.79 Å². The SMILES string of the molecule is Cc1ccc(NC(=O)Cn2nnc(-c3cccc(C(=O)OC(C)C)c3)n2)c(C)c1. The van der Waals surface area contributed by atoms with Crippen molar-refractivity contribution in [3.05, 3.63) is 59.2 Å². The van der Waals surface area contributed by atoms with Crippen LogP contribution in [-0.2, 0) is 16.1 Å². The lowest BCUT2D eigenvalue weighted by molar-refractivity contribution is -0.117. The first-order valence-corrected chi connectivity index (χ1v) is 9.28. The predicted octanol–water partition coefficient (Wildman–Crippen LogP) is 3.16. The quantitative estimate of drug-likeness (QED) is 0.646. The summed E-state index contributed by atoms with van der Waals surface area (Å²) in [5, 5.41) is 15.0. The lowest BCUT2D eigenvalue weighted by Crippen LogP contribution is -2.21. The Hall–Kier alpha value is -3.55. The largest absolute Gasteiger partial charge is 0.459 e. The van der Waals surface area contributed by atoms with E-state index in [-0.39, 0.29) is 18.6 Å². The molecule has 0 atom stereocenters. The van der Waals surface area contributed by atoms with Crippen LogP contribution in [0.25, 0.3) is 11.4 Å². The number of benzene rings is 2. The van der Waals surface area contributed by atoms with Gasteiger partial charge in [0.15, 0.2) is 0 Å². The molecule has 8 heteroatoms. The van der Waals surface area contributed by atoms with Gasteiger partial charge in [-0.1, -0.05) is 29.8 Å². The second-order valence-electron chi connectivity index (χ2n) is 7.04. The van der Waals surface area contributed by atoms with Crippen molar-refractivity contribution in [2.75, 3.05) is 5.32 Å². The van der Waals surface area contributed by atoms with Crippen LogP contribution in [-0.4, -0.2) is 38.2 Å². The minimum Gasteiger partial charge on any atom is -0.459 e. The summed E-state index contributed by atoms with van der Waals surface area (Å²) in [6, 6.07) is 12.6. The number of rotatable bonds is 6. The topological polar surface area (TPSA) is 99.0 Å². The van der Waals surface area contributed by atoms with E-state index in [0.29, 0.717) is 17.0 Å². The summed E-state index contributed by atoms with van der Waals surface area (Å²) < 4.78 is 5.21. The summed E-state index contributed by atoms with van der Waals surface area (Å²) in [5.74, 6) is -0.347. The first-order valence-electron chi connectivity index (χ1n) is 9.28. The molecule has 3 rings (SSSR count). The molecular formula is C21H23N5O3. The molecule has 0 aliphatic heterocycles. The number of carbonyl (C=O) groups is 2. The van der Waals surface area contributed by atoms with Gasteiger partial charge in [-0.2, -0.15) is 4.80 Å². The van der Waals surface area contributed by atoms with Gasteiger partial charge >= 0.3 is 5.97 Å². The Morgan fingerprint density at radius 3 is 2.66 bits per heavy atom. The highest BCUT2D eigenvalue weighted by Crippen LogP contribution is 2.18. The summed E-state index contributed by atoms with van der Waals surface area (Å²) in [6.45, 7) is 7.44. The maximum Gasteiger partial charge on any atom is 0.338 e. The molecule has 0 aliphatic carbocycles. The average Bonchev–Trinajstić information content (AvgIpc) is 3.12. The lowest BCUT2D eigenvalue weighted by atomic mass is 10.1. The van der Waals surface area contributed by atoms with Crippen molar-refractivity contribution in [1.82, 2.24) is 20.2 Å². The monoisotopic (exact) mass is 393 g/mol. The maximum atomic E-state index is 12.3. The van der Waals surface area contributed by atoms with Crippen molar-refractivity contribution in [1.29, 1.82) is 0 Å². The van der Waals surface area contributed by atoms with E-state index in [4.69, 9.17) is 4.74 Å². The Bertz CT molecular complexity index is 1040. The van der Waals surface area contributed by atoms with Crippen molar-refractivity contribution >= 4 is 17.6 Å². The molecule has 1 amide bonds. The fourth-order valence-corrected chi connectivity index (χ4v) is 2.77. The van der Waals surface area contributed by atoms with Crippen LogP contribution in [0, 0.1) is 13.8 Å². The smallest absolute Gasteiger partial charge is 0.338 e. The minimum atomic E-state index is -0.415. The fraction of sp³-hybridized carbons (Fsp3) is 0.286. The van der Waals surface area contributed by atoms with Crippen LogP contribution in [0.1, 0.15) is 35.3 Å². The summed E-state index contributed by atoms with van der Waals surface area (Å²) >= 11 is 0.